The largest absolute Gasteiger partial charge is 0.457 e. The Morgan fingerprint density at radius 2 is 1.53 bits per heavy atom. The van der Waals surface area contributed by atoms with E-state index in [0.717, 1.165) is 5.75 Å². The predicted octanol–water partition coefficient (Wildman–Crippen LogP) is 3.40. The highest BCUT2D eigenvalue weighted by molar-refractivity contribution is 5.69. The Hall–Kier alpha value is -2.29. The topological polar surface area (TPSA) is 35.5 Å². The van der Waals surface area contributed by atoms with Gasteiger partial charge in [-0.15, -0.1) is 0 Å². The average molecular weight is 228 g/mol. The molecular formula is C14H12O3. The van der Waals surface area contributed by atoms with E-state index in [9.17, 15) is 4.79 Å². The molecule has 0 aliphatic rings. The molecule has 0 aliphatic heterocycles. The number of benzene rings is 2. The van der Waals surface area contributed by atoms with E-state index in [1.54, 1.807) is 24.3 Å². The predicted molar refractivity (Wildman–Crippen MR) is 64.3 cm³/mol. The first-order chi connectivity index (χ1) is 8.24. The van der Waals surface area contributed by atoms with E-state index < -0.39 is 0 Å². The van der Waals surface area contributed by atoms with Crippen molar-refractivity contribution in [3.8, 4) is 17.2 Å². The summed E-state index contributed by atoms with van der Waals surface area (Å²) in [6.07, 6.45) is 0. The van der Waals surface area contributed by atoms with Gasteiger partial charge in [0.25, 0.3) is 0 Å². The molecule has 2 aromatic rings. The van der Waals surface area contributed by atoms with Crippen molar-refractivity contribution in [3.05, 3.63) is 54.6 Å². The van der Waals surface area contributed by atoms with E-state index in [0.29, 0.717) is 11.5 Å². The van der Waals surface area contributed by atoms with Crippen LogP contribution >= 0.6 is 0 Å². The van der Waals surface area contributed by atoms with Crippen LogP contribution in [0.5, 0.6) is 17.2 Å². The highest BCUT2D eigenvalue weighted by Crippen LogP contribution is 2.24. The number of hydrogen-bond donors (Lipinski definition) is 0. The van der Waals surface area contributed by atoms with Crippen LogP contribution in [0.3, 0.4) is 0 Å². The van der Waals surface area contributed by atoms with Crippen LogP contribution in [0, 0.1) is 0 Å². The third kappa shape index (κ3) is 3.34. The van der Waals surface area contributed by atoms with Crippen LogP contribution < -0.4 is 9.47 Å². The fourth-order valence-corrected chi connectivity index (χ4v) is 1.39. The van der Waals surface area contributed by atoms with Crippen LogP contribution in [0.1, 0.15) is 6.92 Å². The number of hydrogen-bond acceptors (Lipinski definition) is 3. The standard InChI is InChI=1S/C14H12O3/c1-11(15)16-13-8-5-9-14(10-13)17-12-6-3-2-4-7-12/h2-10H,1H3. The molecule has 0 amide bonds. The summed E-state index contributed by atoms with van der Waals surface area (Å²) < 4.78 is 10.6. The molecule has 17 heavy (non-hydrogen) atoms. The zero-order valence-electron chi connectivity index (χ0n) is 9.42. The van der Waals surface area contributed by atoms with Crippen LogP contribution in [0.2, 0.25) is 0 Å². The molecule has 0 saturated heterocycles. The molecule has 0 aliphatic carbocycles. The summed E-state index contributed by atoms with van der Waals surface area (Å²) in [5.74, 6) is 1.51. The fourth-order valence-electron chi connectivity index (χ4n) is 1.39. The summed E-state index contributed by atoms with van der Waals surface area (Å²) in [6.45, 7) is 1.37. The molecule has 2 rings (SSSR count). The molecule has 0 atom stereocenters. The quantitative estimate of drug-likeness (QED) is 0.596. The van der Waals surface area contributed by atoms with Crippen molar-refractivity contribution in [1.82, 2.24) is 0 Å². The molecule has 2 aromatic carbocycles. The van der Waals surface area contributed by atoms with Gasteiger partial charge in [-0.1, -0.05) is 24.3 Å². The van der Waals surface area contributed by atoms with Crippen LogP contribution in [-0.2, 0) is 4.79 Å². The Labute approximate surface area is 99.6 Å². The molecule has 0 fully saturated rings. The van der Waals surface area contributed by atoms with E-state index in [1.807, 2.05) is 30.3 Å². The molecule has 0 heterocycles. The summed E-state index contributed by atoms with van der Waals surface area (Å²) in [4.78, 5) is 10.8. The van der Waals surface area contributed by atoms with Gasteiger partial charge in [-0.25, -0.2) is 0 Å². The Morgan fingerprint density at radius 3 is 2.24 bits per heavy atom. The second-order valence-corrected chi connectivity index (χ2v) is 3.48. The normalized spacial score (nSPS) is 9.71. The highest BCUT2D eigenvalue weighted by atomic mass is 16.5. The zero-order chi connectivity index (χ0) is 12.1. The van der Waals surface area contributed by atoms with Crippen molar-refractivity contribution in [1.29, 1.82) is 0 Å². The third-order valence-electron chi connectivity index (χ3n) is 2.05. The van der Waals surface area contributed by atoms with Crippen molar-refractivity contribution in [2.24, 2.45) is 0 Å². The van der Waals surface area contributed by atoms with Crippen LogP contribution in [-0.4, -0.2) is 5.97 Å². The smallest absolute Gasteiger partial charge is 0.308 e. The molecule has 0 aromatic heterocycles. The van der Waals surface area contributed by atoms with E-state index in [1.165, 1.54) is 6.92 Å². The summed E-state index contributed by atoms with van der Waals surface area (Å²) in [6, 6.07) is 16.4. The minimum absolute atomic E-state index is 0.345. The lowest BCUT2D eigenvalue weighted by Crippen LogP contribution is -2.01. The van der Waals surface area contributed by atoms with Crippen LogP contribution in [0.4, 0.5) is 0 Å². The van der Waals surface area contributed by atoms with Crippen molar-refractivity contribution in [2.45, 2.75) is 6.92 Å². The minimum Gasteiger partial charge on any atom is -0.457 e. The van der Waals surface area contributed by atoms with Gasteiger partial charge in [0.2, 0.25) is 0 Å². The van der Waals surface area contributed by atoms with Crippen molar-refractivity contribution in [3.63, 3.8) is 0 Å². The van der Waals surface area contributed by atoms with Gasteiger partial charge in [0.05, 0.1) is 0 Å². The van der Waals surface area contributed by atoms with Crippen LogP contribution in [0.15, 0.2) is 54.6 Å². The monoisotopic (exact) mass is 228 g/mol. The Kier molecular flexibility index (Phi) is 3.40. The van der Waals surface area contributed by atoms with Crippen LogP contribution in [0.25, 0.3) is 0 Å². The van der Waals surface area contributed by atoms with Crippen molar-refractivity contribution >= 4 is 5.97 Å². The van der Waals surface area contributed by atoms with Gasteiger partial charge in [0.1, 0.15) is 17.2 Å². The van der Waals surface area contributed by atoms with Gasteiger partial charge in [-0.2, -0.15) is 0 Å². The summed E-state index contributed by atoms with van der Waals surface area (Å²) in [7, 11) is 0. The van der Waals surface area contributed by atoms with E-state index in [-0.39, 0.29) is 5.97 Å². The molecular weight excluding hydrogens is 216 g/mol. The molecule has 0 bridgehead atoms. The van der Waals surface area contributed by atoms with Gasteiger partial charge in [-0.05, 0) is 24.3 Å². The number of ether oxygens (including phenoxy) is 2. The molecule has 3 heteroatoms. The lowest BCUT2D eigenvalue weighted by Gasteiger charge is -2.07. The molecule has 0 N–H and O–H groups in total. The molecule has 86 valence electrons. The number of carbonyl (C=O) groups is 1. The zero-order valence-corrected chi connectivity index (χ0v) is 9.42. The molecule has 0 saturated carbocycles. The first kappa shape index (κ1) is 11.2. The Balaban J connectivity index is 2.14. The van der Waals surface area contributed by atoms with Crippen molar-refractivity contribution < 1.29 is 14.3 Å². The highest BCUT2D eigenvalue weighted by Gasteiger charge is 2.01. The van der Waals surface area contributed by atoms with Crippen molar-refractivity contribution in [2.75, 3.05) is 0 Å². The average Bonchev–Trinajstić information content (AvgIpc) is 2.30. The summed E-state index contributed by atoms with van der Waals surface area (Å²) >= 11 is 0. The lowest BCUT2D eigenvalue weighted by molar-refractivity contribution is -0.131. The number of rotatable bonds is 3. The summed E-state index contributed by atoms with van der Waals surface area (Å²) in [5, 5.41) is 0. The number of esters is 1. The summed E-state index contributed by atoms with van der Waals surface area (Å²) in [5.41, 5.74) is 0. The molecule has 0 radical (unpaired) electrons. The first-order valence-corrected chi connectivity index (χ1v) is 5.25. The minimum atomic E-state index is -0.345. The van der Waals surface area contributed by atoms with E-state index in [2.05, 4.69) is 0 Å². The van der Waals surface area contributed by atoms with Gasteiger partial charge >= 0.3 is 5.97 Å². The second kappa shape index (κ2) is 5.16. The van der Waals surface area contributed by atoms with Gasteiger partial charge in [-0.3, -0.25) is 4.79 Å². The Bertz CT molecular complexity index is 506. The third-order valence-corrected chi connectivity index (χ3v) is 2.05. The maximum atomic E-state index is 10.8. The first-order valence-electron chi connectivity index (χ1n) is 5.25. The Morgan fingerprint density at radius 1 is 0.882 bits per heavy atom. The van der Waals surface area contributed by atoms with E-state index in [4.69, 9.17) is 9.47 Å². The second-order valence-electron chi connectivity index (χ2n) is 3.48. The number of para-hydroxylation sites is 1. The SMILES string of the molecule is CC(=O)Oc1cccc(Oc2ccccc2)c1. The van der Waals surface area contributed by atoms with Gasteiger partial charge < -0.3 is 9.47 Å². The number of carbonyl (C=O) groups excluding carboxylic acids is 1. The maximum Gasteiger partial charge on any atom is 0.308 e. The maximum absolute atomic E-state index is 10.8. The molecule has 0 spiro atoms. The van der Waals surface area contributed by atoms with Gasteiger partial charge in [0, 0.05) is 13.0 Å². The van der Waals surface area contributed by atoms with Gasteiger partial charge in [0.15, 0.2) is 0 Å². The fraction of sp³-hybridized carbons (Fsp3) is 0.0714. The molecule has 0 unspecified atom stereocenters. The lowest BCUT2D eigenvalue weighted by atomic mass is 10.3. The van der Waals surface area contributed by atoms with E-state index >= 15 is 0 Å². The molecule has 3 nitrogen and oxygen atoms in total.